The SMILES string of the molecule is CCCCN(C)Cc1ccccc1C=NNc1nc(CC(=O)OCC)cs1. The summed E-state index contributed by atoms with van der Waals surface area (Å²) in [5.41, 5.74) is 5.95. The average molecular weight is 389 g/mol. The van der Waals surface area contributed by atoms with Crippen LogP contribution in [0.4, 0.5) is 5.13 Å². The van der Waals surface area contributed by atoms with Gasteiger partial charge in [0.1, 0.15) is 0 Å². The first-order valence-corrected chi connectivity index (χ1v) is 10.2. The molecule has 6 nitrogen and oxygen atoms in total. The van der Waals surface area contributed by atoms with Crippen LogP contribution < -0.4 is 5.43 Å². The fraction of sp³-hybridized carbons (Fsp3) is 0.450. The Morgan fingerprint density at radius 2 is 2.19 bits per heavy atom. The smallest absolute Gasteiger partial charge is 0.311 e. The second-order valence-corrected chi connectivity index (χ2v) is 7.14. The maximum atomic E-state index is 11.5. The number of unbranched alkanes of at least 4 members (excludes halogenated alkanes) is 1. The van der Waals surface area contributed by atoms with E-state index in [1.807, 2.05) is 17.7 Å². The molecule has 27 heavy (non-hydrogen) atoms. The van der Waals surface area contributed by atoms with E-state index >= 15 is 0 Å². The van der Waals surface area contributed by atoms with E-state index in [-0.39, 0.29) is 12.4 Å². The van der Waals surface area contributed by atoms with E-state index in [2.05, 4.69) is 52.6 Å². The Labute approximate surface area is 165 Å². The first kappa shape index (κ1) is 21.1. The molecule has 0 fully saturated rings. The van der Waals surface area contributed by atoms with Crippen molar-refractivity contribution in [1.29, 1.82) is 0 Å². The van der Waals surface area contributed by atoms with Crippen LogP contribution in [-0.2, 0) is 22.5 Å². The van der Waals surface area contributed by atoms with Gasteiger partial charge >= 0.3 is 5.97 Å². The Balaban J connectivity index is 1.93. The van der Waals surface area contributed by atoms with Crippen LogP contribution in [0.1, 0.15) is 43.5 Å². The summed E-state index contributed by atoms with van der Waals surface area (Å²) in [6.07, 6.45) is 4.40. The van der Waals surface area contributed by atoms with Crippen molar-refractivity contribution in [2.45, 2.75) is 39.7 Å². The Morgan fingerprint density at radius 3 is 2.96 bits per heavy atom. The molecule has 0 bridgehead atoms. The highest BCUT2D eigenvalue weighted by Gasteiger charge is 2.08. The molecule has 0 radical (unpaired) electrons. The number of hydrogen-bond donors (Lipinski definition) is 1. The van der Waals surface area contributed by atoms with Crippen molar-refractivity contribution < 1.29 is 9.53 Å². The predicted molar refractivity (Wildman–Crippen MR) is 111 cm³/mol. The number of thiazole rings is 1. The van der Waals surface area contributed by atoms with Crippen LogP contribution in [0.2, 0.25) is 0 Å². The fourth-order valence-electron chi connectivity index (χ4n) is 2.56. The van der Waals surface area contributed by atoms with Crippen molar-refractivity contribution in [2.24, 2.45) is 5.10 Å². The van der Waals surface area contributed by atoms with Gasteiger partial charge in [0.15, 0.2) is 0 Å². The van der Waals surface area contributed by atoms with E-state index in [0.717, 1.165) is 18.7 Å². The van der Waals surface area contributed by atoms with Gasteiger partial charge in [-0.2, -0.15) is 5.10 Å². The van der Waals surface area contributed by atoms with Gasteiger partial charge in [-0.3, -0.25) is 10.2 Å². The number of rotatable bonds is 11. The molecule has 0 saturated carbocycles. The van der Waals surface area contributed by atoms with E-state index in [4.69, 9.17) is 4.74 Å². The van der Waals surface area contributed by atoms with Crippen LogP contribution in [-0.4, -0.2) is 42.3 Å². The summed E-state index contributed by atoms with van der Waals surface area (Å²) in [6.45, 7) is 6.36. The van der Waals surface area contributed by atoms with Gasteiger partial charge in [-0.25, -0.2) is 4.98 Å². The molecule has 0 unspecified atom stereocenters. The van der Waals surface area contributed by atoms with Crippen molar-refractivity contribution in [3.8, 4) is 0 Å². The number of nitrogens with zero attached hydrogens (tertiary/aromatic N) is 3. The van der Waals surface area contributed by atoms with Gasteiger partial charge in [-0.1, -0.05) is 37.6 Å². The number of hydrogen-bond acceptors (Lipinski definition) is 7. The molecule has 1 aromatic carbocycles. The van der Waals surface area contributed by atoms with Crippen molar-refractivity contribution in [1.82, 2.24) is 9.88 Å². The molecular weight excluding hydrogens is 360 g/mol. The molecular formula is C20H28N4O2S. The summed E-state index contributed by atoms with van der Waals surface area (Å²) in [6, 6.07) is 8.25. The van der Waals surface area contributed by atoms with Crippen molar-refractivity contribution in [3.63, 3.8) is 0 Å². The van der Waals surface area contributed by atoms with Crippen molar-refractivity contribution in [3.05, 3.63) is 46.5 Å². The topological polar surface area (TPSA) is 66.8 Å². The van der Waals surface area contributed by atoms with Gasteiger partial charge in [-0.05, 0) is 38.1 Å². The monoisotopic (exact) mass is 388 g/mol. The Morgan fingerprint density at radius 1 is 1.37 bits per heavy atom. The normalized spacial score (nSPS) is 11.3. The van der Waals surface area contributed by atoms with Crippen LogP contribution in [0.5, 0.6) is 0 Å². The zero-order chi connectivity index (χ0) is 19.5. The molecule has 2 rings (SSSR count). The largest absolute Gasteiger partial charge is 0.466 e. The van der Waals surface area contributed by atoms with E-state index < -0.39 is 0 Å². The predicted octanol–water partition coefficient (Wildman–Crippen LogP) is 3.93. The highest BCUT2D eigenvalue weighted by molar-refractivity contribution is 7.13. The minimum absolute atomic E-state index is 0.183. The molecule has 0 saturated heterocycles. The standard InChI is InChI=1S/C20H28N4O2S/c1-4-6-11-24(3)14-17-10-8-7-9-16(17)13-21-23-20-22-18(15-27-20)12-19(25)26-5-2/h7-10,13,15H,4-6,11-12,14H2,1-3H3,(H,22,23). The number of anilines is 1. The van der Waals surface area contributed by atoms with E-state index in [9.17, 15) is 4.79 Å². The van der Waals surface area contributed by atoms with E-state index in [0.29, 0.717) is 17.4 Å². The third-order valence-electron chi connectivity index (χ3n) is 3.94. The maximum Gasteiger partial charge on any atom is 0.311 e. The molecule has 0 aliphatic rings. The first-order valence-electron chi connectivity index (χ1n) is 9.28. The molecule has 7 heteroatoms. The molecule has 0 atom stereocenters. The highest BCUT2D eigenvalue weighted by Crippen LogP contribution is 2.16. The van der Waals surface area contributed by atoms with Crippen LogP contribution in [0, 0.1) is 0 Å². The maximum absolute atomic E-state index is 11.5. The van der Waals surface area contributed by atoms with Crippen LogP contribution in [0.3, 0.4) is 0 Å². The molecule has 0 spiro atoms. The summed E-state index contributed by atoms with van der Waals surface area (Å²) >= 11 is 1.42. The van der Waals surface area contributed by atoms with Gasteiger partial charge in [0.25, 0.3) is 0 Å². The van der Waals surface area contributed by atoms with Crippen LogP contribution >= 0.6 is 11.3 Å². The molecule has 1 N–H and O–H groups in total. The lowest BCUT2D eigenvalue weighted by molar-refractivity contribution is -0.142. The number of carbonyl (C=O) groups excluding carboxylic acids is 1. The van der Waals surface area contributed by atoms with Gasteiger partial charge in [0.2, 0.25) is 5.13 Å². The van der Waals surface area contributed by atoms with Crippen molar-refractivity contribution >= 4 is 28.7 Å². The summed E-state index contributed by atoms with van der Waals surface area (Å²) in [4.78, 5) is 18.2. The number of esters is 1. The number of hydrazone groups is 1. The zero-order valence-electron chi connectivity index (χ0n) is 16.3. The molecule has 1 aromatic heterocycles. The Kier molecular flexibility index (Phi) is 8.94. The van der Waals surface area contributed by atoms with Gasteiger partial charge < -0.3 is 9.64 Å². The lowest BCUT2D eigenvalue weighted by atomic mass is 10.1. The first-order chi connectivity index (χ1) is 13.1. The molecule has 146 valence electrons. The molecule has 0 amide bonds. The summed E-state index contributed by atoms with van der Waals surface area (Å²) in [5.74, 6) is -0.265. The number of ether oxygens (including phenoxy) is 1. The van der Waals surface area contributed by atoms with Gasteiger partial charge in [0, 0.05) is 11.9 Å². The summed E-state index contributed by atoms with van der Waals surface area (Å²) < 4.78 is 4.93. The third-order valence-corrected chi connectivity index (χ3v) is 4.73. The minimum atomic E-state index is -0.265. The van der Waals surface area contributed by atoms with E-state index in [1.54, 1.807) is 6.92 Å². The summed E-state index contributed by atoms with van der Waals surface area (Å²) in [5, 5.41) is 6.80. The second-order valence-electron chi connectivity index (χ2n) is 6.29. The zero-order valence-corrected chi connectivity index (χ0v) is 17.1. The number of benzene rings is 1. The fourth-order valence-corrected chi connectivity index (χ4v) is 3.22. The number of nitrogens with one attached hydrogen (secondary N) is 1. The van der Waals surface area contributed by atoms with Gasteiger partial charge in [0.05, 0.1) is 24.9 Å². The van der Waals surface area contributed by atoms with Crippen LogP contribution in [0.15, 0.2) is 34.7 Å². The van der Waals surface area contributed by atoms with E-state index in [1.165, 1.54) is 29.7 Å². The quantitative estimate of drug-likeness (QED) is 0.359. The average Bonchev–Trinajstić information content (AvgIpc) is 3.08. The Bertz CT molecular complexity index is 745. The lowest BCUT2D eigenvalue weighted by Gasteiger charge is -2.17. The molecule has 2 aromatic rings. The molecule has 1 heterocycles. The van der Waals surface area contributed by atoms with Crippen LogP contribution in [0.25, 0.3) is 0 Å². The summed E-state index contributed by atoms with van der Waals surface area (Å²) in [7, 11) is 2.14. The molecule has 0 aliphatic heterocycles. The second kappa shape index (κ2) is 11.5. The Hall–Kier alpha value is -2.25. The number of aromatic nitrogens is 1. The minimum Gasteiger partial charge on any atom is -0.466 e. The lowest BCUT2D eigenvalue weighted by Crippen LogP contribution is -2.19. The number of carbonyl (C=O) groups is 1. The van der Waals surface area contributed by atoms with Crippen molar-refractivity contribution in [2.75, 3.05) is 25.6 Å². The molecule has 0 aliphatic carbocycles. The van der Waals surface area contributed by atoms with Gasteiger partial charge in [-0.15, -0.1) is 11.3 Å². The third kappa shape index (κ3) is 7.48. The highest BCUT2D eigenvalue weighted by atomic mass is 32.1.